The number of nitrogens with zero attached hydrogens (tertiary/aromatic N) is 2. The van der Waals surface area contributed by atoms with Gasteiger partial charge in [0.2, 0.25) is 0 Å². The molecule has 0 saturated carbocycles. The lowest BCUT2D eigenvalue weighted by atomic mass is 9.96. The van der Waals surface area contributed by atoms with Crippen LogP contribution in [-0.4, -0.2) is 48.3 Å². The number of ether oxygens (including phenoxy) is 1. The summed E-state index contributed by atoms with van der Waals surface area (Å²) in [6.07, 6.45) is -3.46. The van der Waals surface area contributed by atoms with Crippen LogP contribution < -0.4 is 0 Å². The highest BCUT2D eigenvalue weighted by molar-refractivity contribution is 7.90. The van der Waals surface area contributed by atoms with Crippen LogP contribution in [-0.2, 0) is 21.2 Å². The monoisotopic (exact) mass is 552 g/mol. The number of benzene rings is 2. The minimum absolute atomic E-state index is 0.202. The molecule has 1 unspecified atom stereocenters. The minimum Gasteiger partial charge on any atom is -0.449 e. The van der Waals surface area contributed by atoms with Crippen LogP contribution in [0.25, 0.3) is 0 Å². The average molecular weight is 552 g/mol. The first-order chi connectivity index (χ1) is 17.3. The van der Waals surface area contributed by atoms with E-state index >= 15 is 0 Å². The summed E-state index contributed by atoms with van der Waals surface area (Å²) >= 11 is 0. The number of carbonyl (C=O) groups excluding carboxylic acids is 2. The molecular formula is C23H22F6N2O5S. The van der Waals surface area contributed by atoms with Crippen molar-refractivity contribution in [1.29, 1.82) is 0 Å². The normalized spacial score (nSPS) is 14.8. The van der Waals surface area contributed by atoms with Crippen molar-refractivity contribution >= 4 is 22.0 Å². The fourth-order valence-electron chi connectivity index (χ4n) is 3.91. The van der Waals surface area contributed by atoms with Crippen LogP contribution in [0.3, 0.4) is 0 Å². The number of hydrogen-bond acceptors (Lipinski definition) is 5. The van der Waals surface area contributed by atoms with Crippen LogP contribution in [0.5, 0.6) is 0 Å². The Labute approximate surface area is 208 Å². The molecule has 3 rings (SSSR count). The molecule has 0 fully saturated rings. The van der Waals surface area contributed by atoms with Gasteiger partial charge in [0.05, 0.1) is 12.2 Å². The van der Waals surface area contributed by atoms with E-state index in [1.807, 2.05) is 0 Å². The van der Waals surface area contributed by atoms with Crippen LogP contribution in [0.1, 0.15) is 53.8 Å². The standard InChI is InChI=1S/C23H22F6N2O5S/c1-2-3-4-12-36-22(33)31(37(34,35)23(27,28)29)20(14-6-5-7-15(24)13-14)30-11-10-16-17(25)8-9-18(26)19(16)21(30)32/h5-9,13,20H,2-4,10-12H2,1H3. The van der Waals surface area contributed by atoms with Gasteiger partial charge in [0.25, 0.3) is 5.91 Å². The van der Waals surface area contributed by atoms with E-state index in [-0.39, 0.29) is 12.0 Å². The zero-order valence-corrected chi connectivity index (χ0v) is 20.2. The molecule has 0 radical (unpaired) electrons. The largest absolute Gasteiger partial charge is 0.516 e. The SMILES string of the molecule is CCCCCOC(=O)N(C(c1cccc(F)c1)N1CCc2c(F)ccc(F)c2C1=O)S(=O)(=O)C(F)(F)F. The number of unbranched alkanes of at least 4 members (excludes halogenated alkanes) is 2. The number of alkyl halides is 3. The zero-order valence-electron chi connectivity index (χ0n) is 19.4. The van der Waals surface area contributed by atoms with Crippen LogP contribution in [0, 0.1) is 17.5 Å². The summed E-state index contributed by atoms with van der Waals surface area (Å²) in [6.45, 7) is 0.730. The quantitative estimate of drug-likeness (QED) is 0.329. The van der Waals surface area contributed by atoms with Crippen molar-refractivity contribution in [3.05, 3.63) is 70.5 Å². The van der Waals surface area contributed by atoms with E-state index in [0.29, 0.717) is 29.9 Å². The van der Waals surface area contributed by atoms with Crippen molar-refractivity contribution in [2.24, 2.45) is 0 Å². The van der Waals surface area contributed by atoms with Gasteiger partial charge < -0.3 is 9.64 Å². The summed E-state index contributed by atoms with van der Waals surface area (Å²) in [5.74, 6) is -4.59. The molecule has 0 aliphatic carbocycles. The maximum Gasteiger partial charge on any atom is 0.516 e. The molecule has 7 nitrogen and oxygen atoms in total. The van der Waals surface area contributed by atoms with E-state index < -0.39 is 86.2 Å². The van der Waals surface area contributed by atoms with E-state index in [4.69, 9.17) is 4.74 Å². The lowest BCUT2D eigenvalue weighted by Crippen LogP contribution is -2.54. The smallest absolute Gasteiger partial charge is 0.449 e. The van der Waals surface area contributed by atoms with Crippen molar-refractivity contribution < 1.29 is 49.1 Å². The third-order valence-electron chi connectivity index (χ3n) is 5.65. The number of fused-ring (bicyclic) bond motifs is 1. The van der Waals surface area contributed by atoms with E-state index in [1.54, 1.807) is 6.92 Å². The lowest BCUT2D eigenvalue weighted by molar-refractivity contribution is -0.0526. The summed E-state index contributed by atoms with van der Waals surface area (Å²) < 4.78 is 113. The number of amides is 2. The van der Waals surface area contributed by atoms with E-state index in [9.17, 15) is 44.3 Å². The lowest BCUT2D eigenvalue weighted by Gasteiger charge is -2.40. The Bertz CT molecular complexity index is 1280. The zero-order chi connectivity index (χ0) is 27.5. The maximum absolute atomic E-state index is 14.5. The molecule has 1 aliphatic heterocycles. The van der Waals surface area contributed by atoms with Gasteiger partial charge in [0.15, 0.2) is 6.17 Å². The predicted octanol–water partition coefficient (Wildman–Crippen LogP) is 5.28. The predicted molar refractivity (Wildman–Crippen MR) is 118 cm³/mol. The summed E-state index contributed by atoms with van der Waals surface area (Å²) in [5, 5.41) is 0. The molecule has 1 heterocycles. The first-order valence-corrected chi connectivity index (χ1v) is 12.6. The van der Waals surface area contributed by atoms with Crippen LogP contribution >= 0.6 is 0 Å². The summed E-state index contributed by atoms with van der Waals surface area (Å²) in [6, 6.07) is 4.91. The molecule has 2 aromatic rings. The van der Waals surface area contributed by atoms with Gasteiger partial charge in [-0.1, -0.05) is 31.9 Å². The molecule has 0 N–H and O–H groups in total. The van der Waals surface area contributed by atoms with Crippen molar-refractivity contribution in [1.82, 2.24) is 9.21 Å². The Morgan fingerprint density at radius 2 is 1.78 bits per heavy atom. The highest BCUT2D eigenvalue weighted by atomic mass is 32.2. The first kappa shape index (κ1) is 28.3. The third-order valence-corrected chi connectivity index (χ3v) is 7.10. The molecule has 0 saturated heterocycles. The second-order valence-corrected chi connectivity index (χ2v) is 9.93. The van der Waals surface area contributed by atoms with Gasteiger partial charge in [-0.15, -0.1) is 0 Å². The van der Waals surface area contributed by atoms with E-state index in [0.717, 1.165) is 24.3 Å². The van der Waals surface area contributed by atoms with Gasteiger partial charge in [-0.05, 0) is 42.7 Å². The van der Waals surface area contributed by atoms with Crippen LogP contribution in [0.4, 0.5) is 31.1 Å². The fourth-order valence-corrected chi connectivity index (χ4v) is 4.88. The van der Waals surface area contributed by atoms with E-state index in [1.165, 1.54) is 0 Å². The molecule has 1 aliphatic rings. The number of rotatable bonds is 8. The Hall–Kier alpha value is -3.29. The molecular weight excluding hydrogens is 530 g/mol. The molecule has 2 aromatic carbocycles. The van der Waals surface area contributed by atoms with Crippen molar-refractivity contribution in [3.8, 4) is 0 Å². The van der Waals surface area contributed by atoms with Crippen molar-refractivity contribution in [2.75, 3.05) is 13.2 Å². The fraction of sp³-hybridized carbons (Fsp3) is 0.391. The molecule has 0 aromatic heterocycles. The number of hydrogen-bond donors (Lipinski definition) is 0. The Morgan fingerprint density at radius 3 is 2.41 bits per heavy atom. The third kappa shape index (κ3) is 5.68. The molecule has 0 spiro atoms. The van der Waals surface area contributed by atoms with E-state index in [2.05, 4.69) is 0 Å². The number of sulfonamides is 1. The summed E-state index contributed by atoms with van der Waals surface area (Å²) in [5.41, 5.74) is -7.79. The maximum atomic E-state index is 14.5. The van der Waals surface area contributed by atoms with Crippen LogP contribution in [0.2, 0.25) is 0 Å². The topological polar surface area (TPSA) is 84.0 Å². The highest BCUT2D eigenvalue weighted by Gasteiger charge is 2.57. The van der Waals surface area contributed by atoms with Gasteiger partial charge in [-0.25, -0.2) is 18.0 Å². The van der Waals surface area contributed by atoms with Crippen LogP contribution in [0.15, 0.2) is 36.4 Å². The summed E-state index contributed by atoms with van der Waals surface area (Å²) in [7, 11) is -6.53. The van der Waals surface area contributed by atoms with Gasteiger partial charge in [0.1, 0.15) is 17.5 Å². The van der Waals surface area contributed by atoms with Gasteiger partial charge in [-0.3, -0.25) is 4.79 Å². The number of halogens is 6. The summed E-state index contributed by atoms with van der Waals surface area (Å²) in [4.78, 5) is 26.6. The Kier molecular flexibility index (Phi) is 8.40. The Balaban J connectivity index is 2.20. The average Bonchev–Trinajstić information content (AvgIpc) is 2.82. The van der Waals surface area contributed by atoms with Gasteiger partial charge in [0, 0.05) is 12.1 Å². The molecule has 2 amide bonds. The van der Waals surface area contributed by atoms with Crippen molar-refractivity contribution in [3.63, 3.8) is 0 Å². The van der Waals surface area contributed by atoms with Gasteiger partial charge >= 0.3 is 21.6 Å². The minimum atomic E-state index is -6.53. The number of carbonyl (C=O) groups is 2. The molecule has 1 atom stereocenters. The molecule has 14 heteroatoms. The molecule has 202 valence electrons. The first-order valence-electron chi connectivity index (χ1n) is 11.1. The second-order valence-electron chi connectivity index (χ2n) is 8.13. The van der Waals surface area contributed by atoms with Gasteiger partial charge in [-0.2, -0.15) is 25.9 Å². The highest BCUT2D eigenvalue weighted by Crippen LogP contribution is 2.39. The van der Waals surface area contributed by atoms with Crippen molar-refractivity contribution in [2.45, 2.75) is 44.3 Å². The molecule has 37 heavy (non-hydrogen) atoms. The second kappa shape index (κ2) is 11.0. The molecule has 0 bridgehead atoms. The Morgan fingerprint density at radius 1 is 1.11 bits per heavy atom.